The average Bonchev–Trinajstić information content (AvgIpc) is 2.17. The molecule has 4 aliphatic rings. The minimum absolute atomic E-state index is 0.676. The van der Waals surface area contributed by atoms with Gasteiger partial charge in [0, 0.05) is 0 Å². The molecule has 0 aliphatic heterocycles. The highest BCUT2D eigenvalue weighted by Gasteiger charge is 2.80. The van der Waals surface area contributed by atoms with Gasteiger partial charge in [-0.2, -0.15) is 0 Å². The fraction of sp³-hybridized carbons (Fsp3) is 1.00. The van der Waals surface area contributed by atoms with Crippen molar-refractivity contribution in [1.82, 2.24) is 0 Å². The molecule has 84 valence electrons. The lowest BCUT2D eigenvalue weighted by Crippen LogP contribution is -2.82. The van der Waals surface area contributed by atoms with Crippen molar-refractivity contribution >= 4 is 0 Å². The summed E-state index contributed by atoms with van der Waals surface area (Å²) >= 11 is 0. The lowest BCUT2D eigenvalue weighted by Gasteiger charge is -2.86. The quantitative estimate of drug-likeness (QED) is 0.565. The Balaban J connectivity index is 1.62. The Hall–Kier alpha value is 0. The van der Waals surface area contributed by atoms with E-state index < -0.39 is 0 Å². The largest absolute Gasteiger partial charge is 0.0620 e. The van der Waals surface area contributed by atoms with Gasteiger partial charge in [-0.05, 0) is 58.7 Å². The number of rotatable bonds is 0. The zero-order chi connectivity index (χ0) is 10.7. The first-order chi connectivity index (χ1) is 6.98. The highest BCUT2D eigenvalue weighted by atomic mass is 14.8. The molecule has 15 heavy (non-hydrogen) atoms. The van der Waals surface area contributed by atoms with Crippen LogP contribution in [-0.2, 0) is 0 Å². The Labute approximate surface area is 93.8 Å². The Morgan fingerprint density at radius 2 is 1.20 bits per heavy atom. The maximum absolute atomic E-state index is 2.52. The molecule has 0 saturated heterocycles. The van der Waals surface area contributed by atoms with Crippen LogP contribution in [0.4, 0.5) is 0 Å². The van der Waals surface area contributed by atoms with Crippen molar-refractivity contribution in [2.75, 3.05) is 0 Å². The average molecular weight is 204 g/mol. The summed E-state index contributed by atoms with van der Waals surface area (Å²) in [6.45, 7) is 12.6. The van der Waals surface area contributed by atoms with E-state index in [1.165, 1.54) is 5.92 Å². The van der Waals surface area contributed by atoms with E-state index in [1.54, 1.807) is 0 Å². The summed E-state index contributed by atoms with van der Waals surface area (Å²) in [5.41, 5.74) is 0.676. The van der Waals surface area contributed by atoms with Crippen LogP contribution in [0.15, 0.2) is 0 Å². The molecule has 9 atom stereocenters. The first-order valence-electron chi connectivity index (χ1n) is 6.98. The molecule has 0 spiro atoms. The van der Waals surface area contributed by atoms with Crippen molar-refractivity contribution in [2.45, 2.75) is 34.6 Å². The van der Waals surface area contributed by atoms with Crippen LogP contribution in [0.25, 0.3) is 0 Å². The Kier molecular flexibility index (Phi) is 1.31. The molecule has 0 radical (unpaired) electrons. The molecule has 4 fully saturated rings. The second-order valence-corrected chi connectivity index (χ2v) is 7.74. The van der Waals surface area contributed by atoms with E-state index in [1.807, 2.05) is 0 Å². The van der Waals surface area contributed by atoms with Gasteiger partial charge in [0.2, 0.25) is 0 Å². The van der Waals surface area contributed by atoms with Gasteiger partial charge in [0.15, 0.2) is 0 Å². The Morgan fingerprint density at radius 3 is 1.80 bits per heavy atom. The Morgan fingerprint density at radius 1 is 0.667 bits per heavy atom. The van der Waals surface area contributed by atoms with Crippen molar-refractivity contribution in [1.29, 1.82) is 0 Å². The maximum atomic E-state index is 2.52. The van der Waals surface area contributed by atoms with Crippen LogP contribution in [0.2, 0.25) is 0 Å². The third-order valence-corrected chi connectivity index (χ3v) is 7.71. The topological polar surface area (TPSA) is 0 Å². The monoisotopic (exact) mass is 204 g/mol. The van der Waals surface area contributed by atoms with Crippen LogP contribution in [-0.4, -0.2) is 0 Å². The van der Waals surface area contributed by atoms with E-state index in [9.17, 15) is 0 Å². The molecule has 0 heteroatoms. The predicted octanol–water partition coefficient (Wildman–Crippen LogP) is 3.67. The second-order valence-electron chi connectivity index (χ2n) is 7.74. The van der Waals surface area contributed by atoms with Crippen molar-refractivity contribution < 1.29 is 0 Å². The molecule has 0 aromatic carbocycles. The maximum Gasteiger partial charge on any atom is -0.0292 e. The summed E-state index contributed by atoms with van der Waals surface area (Å²) in [4.78, 5) is 0. The Bertz CT molecular complexity index is 329. The first-order valence-corrected chi connectivity index (χ1v) is 6.98. The summed E-state index contributed by atoms with van der Waals surface area (Å²) in [6, 6.07) is 0. The van der Waals surface area contributed by atoms with Crippen molar-refractivity contribution in [2.24, 2.45) is 58.7 Å². The van der Waals surface area contributed by atoms with E-state index in [0.29, 0.717) is 5.41 Å². The summed E-state index contributed by atoms with van der Waals surface area (Å²) in [5.74, 6) is 10.0. The van der Waals surface area contributed by atoms with Crippen LogP contribution in [0.1, 0.15) is 34.6 Å². The molecule has 0 nitrogen and oxygen atoms in total. The van der Waals surface area contributed by atoms with Gasteiger partial charge in [0.05, 0.1) is 0 Å². The lowest BCUT2D eigenvalue weighted by atomic mass is 9.19. The predicted molar refractivity (Wildman–Crippen MR) is 62.2 cm³/mol. The third kappa shape index (κ3) is 0.643. The molecule has 0 aromatic heterocycles. The van der Waals surface area contributed by atoms with Crippen LogP contribution in [0, 0.1) is 58.7 Å². The number of hydrogen-bond donors (Lipinski definition) is 0. The van der Waals surface area contributed by atoms with Crippen molar-refractivity contribution in [3.63, 3.8) is 0 Å². The molecular weight excluding hydrogens is 180 g/mol. The van der Waals surface area contributed by atoms with Crippen LogP contribution >= 0.6 is 0 Å². The summed E-state index contributed by atoms with van der Waals surface area (Å²) in [7, 11) is 0. The molecule has 4 saturated carbocycles. The number of fused-ring (bicyclic) bond motifs is 7. The first kappa shape index (κ1) is 9.07. The zero-order valence-corrected chi connectivity index (χ0v) is 10.7. The summed E-state index contributed by atoms with van der Waals surface area (Å²) in [5, 5.41) is 0. The van der Waals surface area contributed by atoms with Crippen LogP contribution in [0.3, 0.4) is 0 Å². The molecule has 0 heterocycles. The second kappa shape index (κ2) is 2.17. The molecule has 4 rings (SSSR count). The standard InChI is InChI=1S/C15H24/c1-6-7(2)10-9(6)12-11-8(3)15(4,5)14(11)13(10)12/h6-14H,1-5H3/t6-,7+,8-,9-,10+,11-,12+,13+,14-/m0/s1. The van der Waals surface area contributed by atoms with Gasteiger partial charge in [-0.1, -0.05) is 34.6 Å². The van der Waals surface area contributed by atoms with Crippen molar-refractivity contribution in [3.8, 4) is 0 Å². The molecule has 4 aliphatic carbocycles. The molecular formula is C15H24. The van der Waals surface area contributed by atoms with E-state index in [0.717, 1.165) is 47.3 Å². The van der Waals surface area contributed by atoms with Crippen LogP contribution < -0.4 is 0 Å². The fourth-order valence-electron chi connectivity index (χ4n) is 6.50. The van der Waals surface area contributed by atoms with Gasteiger partial charge in [0.25, 0.3) is 0 Å². The van der Waals surface area contributed by atoms with E-state index >= 15 is 0 Å². The smallest absolute Gasteiger partial charge is 0.0292 e. The summed E-state index contributed by atoms with van der Waals surface area (Å²) in [6.07, 6.45) is 0. The number of hydrogen-bond acceptors (Lipinski definition) is 0. The van der Waals surface area contributed by atoms with Gasteiger partial charge >= 0.3 is 0 Å². The van der Waals surface area contributed by atoms with E-state index in [2.05, 4.69) is 34.6 Å². The molecule has 0 unspecified atom stereocenters. The van der Waals surface area contributed by atoms with E-state index in [4.69, 9.17) is 0 Å². The zero-order valence-electron chi connectivity index (χ0n) is 10.7. The van der Waals surface area contributed by atoms with Gasteiger partial charge in [-0.3, -0.25) is 0 Å². The van der Waals surface area contributed by atoms with Gasteiger partial charge in [-0.25, -0.2) is 0 Å². The van der Waals surface area contributed by atoms with Crippen LogP contribution in [0.5, 0.6) is 0 Å². The molecule has 0 aromatic rings. The SMILES string of the molecule is C[C@@H]1[C@H](C)[C@H]2[C@@H]1[C@@H]1[C@H]2[C@H]2[C@@H]1C(C)(C)[C@H]2C. The van der Waals surface area contributed by atoms with Gasteiger partial charge in [0.1, 0.15) is 0 Å². The van der Waals surface area contributed by atoms with Gasteiger partial charge < -0.3 is 0 Å². The minimum Gasteiger partial charge on any atom is -0.0620 e. The third-order valence-electron chi connectivity index (χ3n) is 7.71. The molecule has 0 amide bonds. The summed E-state index contributed by atoms with van der Waals surface area (Å²) < 4.78 is 0. The lowest BCUT2D eigenvalue weighted by molar-refractivity contribution is -0.389. The fourth-order valence-corrected chi connectivity index (χ4v) is 6.50. The highest BCUT2D eigenvalue weighted by molar-refractivity contribution is 5.27. The minimum atomic E-state index is 0.676. The van der Waals surface area contributed by atoms with E-state index in [-0.39, 0.29) is 0 Å². The molecule has 0 bridgehead atoms. The highest BCUT2D eigenvalue weighted by Crippen LogP contribution is 2.84. The normalized spacial score (nSPS) is 72.2. The van der Waals surface area contributed by atoms with Crippen molar-refractivity contribution in [3.05, 3.63) is 0 Å². The van der Waals surface area contributed by atoms with Gasteiger partial charge in [-0.15, -0.1) is 0 Å². The molecule has 0 N–H and O–H groups in total.